The van der Waals surface area contributed by atoms with Gasteiger partial charge in [-0.3, -0.25) is 14.4 Å². The molecule has 7 atom stereocenters. The molecule has 0 aromatic heterocycles. The molecule has 9 heteroatoms. The van der Waals surface area contributed by atoms with Crippen LogP contribution in [0.1, 0.15) is 65.7 Å². The van der Waals surface area contributed by atoms with Crippen molar-refractivity contribution >= 4 is 33.7 Å². The molecule has 0 aliphatic carbocycles. The molecule has 3 fully saturated rings. The molecule has 198 valence electrons. The first-order valence-electron chi connectivity index (χ1n) is 13.1. The SMILES string of the molecule is C=CCN(C(=O)[C@@H]1N(CCCCCCO)C(=O)[C@H]2[C@H](C(=O)OCC)[C@H]3O[C@@]12CC3Br)C(C)CCC. The van der Waals surface area contributed by atoms with Gasteiger partial charge in [-0.25, -0.2) is 0 Å². The summed E-state index contributed by atoms with van der Waals surface area (Å²) in [6, 6.07) is -0.803. The van der Waals surface area contributed by atoms with Crippen LogP contribution in [-0.2, 0) is 23.9 Å². The Kier molecular flexibility index (Phi) is 9.80. The number of rotatable bonds is 14. The number of hydrogen-bond donors (Lipinski definition) is 1. The number of halogens is 1. The molecule has 3 heterocycles. The van der Waals surface area contributed by atoms with Crippen molar-refractivity contribution < 1.29 is 29.0 Å². The smallest absolute Gasteiger partial charge is 0.312 e. The van der Waals surface area contributed by atoms with E-state index in [0.29, 0.717) is 25.9 Å². The van der Waals surface area contributed by atoms with E-state index in [1.54, 1.807) is 17.9 Å². The minimum atomic E-state index is -1.05. The van der Waals surface area contributed by atoms with Gasteiger partial charge in [0.15, 0.2) is 0 Å². The highest BCUT2D eigenvalue weighted by atomic mass is 79.9. The van der Waals surface area contributed by atoms with Crippen molar-refractivity contribution in [1.82, 2.24) is 9.80 Å². The van der Waals surface area contributed by atoms with Crippen LogP contribution in [0.25, 0.3) is 0 Å². The number of nitrogens with zero attached hydrogens (tertiary/aromatic N) is 2. The Labute approximate surface area is 217 Å². The highest BCUT2D eigenvalue weighted by molar-refractivity contribution is 9.09. The zero-order chi connectivity index (χ0) is 25.8. The molecule has 0 saturated carbocycles. The average Bonchev–Trinajstić information content (AvgIpc) is 3.41. The summed E-state index contributed by atoms with van der Waals surface area (Å²) in [5, 5.41) is 9.08. The minimum absolute atomic E-state index is 0.0123. The van der Waals surface area contributed by atoms with Crippen molar-refractivity contribution in [3.05, 3.63) is 12.7 Å². The zero-order valence-corrected chi connectivity index (χ0v) is 22.9. The van der Waals surface area contributed by atoms with Crippen molar-refractivity contribution in [1.29, 1.82) is 0 Å². The normalized spacial score (nSPS) is 32.0. The first-order valence-corrected chi connectivity index (χ1v) is 14.0. The van der Waals surface area contributed by atoms with Crippen LogP contribution in [0, 0.1) is 11.8 Å². The maximum atomic E-state index is 14.2. The number of carbonyl (C=O) groups is 3. The van der Waals surface area contributed by atoms with E-state index in [1.807, 2.05) is 11.8 Å². The van der Waals surface area contributed by atoms with E-state index in [9.17, 15) is 14.4 Å². The molecule has 3 rings (SSSR count). The van der Waals surface area contributed by atoms with Gasteiger partial charge in [-0.05, 0) is 39.5 Å². The minimum Gasteiger partial charge on any atom is -0.466 e. The Morgan fingerprint density at radius 3 is 2.69 bits per heavy atom. The molecule has 2 unspecified atom stereocenters. The Morgan fingerprint density at radius 1 is 1.34 bits per heavy atom. The standard InChI is InChI=1S/C26H41BrN2O6/c1-5-12-17(4)28(13-6-2)24(32)22-26-16-18(27)21(35-26)19(25(33)34-7-3)20(26)23(31)29(22)14-10-8-9-11-15-30/h6,17-22,30H,2,5,7-16H2,1,3-4H3/t17?,18?,19-,20+,21-,22-,26+/m0/s1. The lowest BCUT2D eigenvalue weighted by Gasteiger charge is -2.39. The molecule has 8 nitrogen and oxygen atoms in total. The fraction of sp³-hybridized carbons (Fsp3) is 0.808. The molecule has 1 N–H and O–H groups in total. The monoisotopic (exact) mass is 556 g/mol. The van der Waals surface area contributed by atoms with Crippen LogP contribution >= 0.6 is 15.9 Å². The van der Waals surface area contributed by atoms with Crippen molar-refractivity contribution in [2.24, 2.45) is 11.8 Å². The summed E-state index contributed by atoms with van der Waals surface area (Å²) in [5.41, 5.74) is -1.05. The van der Waals surface area contributed by atoms with Gasteiger partial charge in [-0.2, -0.15) is 0 Å². The van der Waals surface area contributed by atoms with Gasteiger partial charge in [0.25, 0.3) is 0 Å². The van der Waals surface area contributed by atoms with E-state index in [4.69, 9.17) is 14.6 Å². The zero-order valence-electron chi connectivity index (χ0n) is 21.3. The number of alkyl halides is 1. The Hall–Kier alpha value is -1.45. The predicted octanol–water partition coefficient (Wildman–Crippen LogP) is 3.05. The third-order valence-electron chi connectivity index (χ3n) is 7.74. The van der Waals surface area contributed by atoms with Gasteiger partial charge in [0, 0.05) is 30.6 Å². The lowest BCUT2D eigenvalue weighted by molar-refractivity contribution is -0.155. The highest BCUT2D eigenvalue weighted by Gasteiger charge is 2.77. The molecule has 3 aliphatic heterocycles. The topological polar surface area (TPSA) is 96.4 Å². The van der Waals surface area contributed by atoms with E-state index in [2.05, 4.69) is 29.4 Å². The van der Waals surface area contributed by atoms with E-state index < -0.39 is 35.6 Å². The summed E-state index contributed by atoms with van der Waals surface area (Å²) in [5.74, 6) is -2.20. The Bertz CT molecular complexity index is 794. The predicted molar refractivity (Wildman–Crippen MR) is 136 cm³/mol. The number of aliphatic hydroxyl groups is 1. The Balaban J connectivity index is 1.98. The number of carbonyl (C=O) groups excluding carboxylic acids is 3. The van der Waals surface area contributed by atoms with Crippen LogP contribution in [0.5, 0.6) is 0 Å². The lowest BCUT2D eigenvalue weighted by atomic mass is 9.70. The quantitative estimate of drug-likeness (QED) is 0.153. The third-order valence-corrected chi connectivity index (χ3v) is 8.58. The molecule has 0 radical (unpaired) electrons. The molecule has 1 spiro atoms. The molecular weight excluding hydrogens is 516 g/mol. The van der Waals surface area contributed by atoms with E-state index >= 15 is 0 Å². The number of hydrogen-bond acceptors (Lipinski definition) is 6. The molecule has 2 bridgehead atoms. The van der Waals surface area contributed by atoms with Gasteiger partial charge in [0.1, 0.15) is 11.6 Å². The fourth-order valence-corrected chi connectivity index (χ4v) is 7.20. The molecule has 0 aromatic carbocycles. The first-order chi connectivity index (χ1) is 16.8. The second kappa shape index (κ2) is 12.2. The maximum absolute atomic E-state index is 14.2. The molecule has 2 amide bonds. The number of fused-ring (bicyclic) bond motifs is 1. The first kappa shape index (κ1) is 28.1. The summed E-state index contributed by atoms with van der Waals surface area (Å²) in [7, 11) is 0. The van der Waals surface area contributed by atoms with Crippen molar-refractivity contribution in [2.75, 3.05) is 26.3 Å². The van der Waals surface area contributed by atoms with Crippen LogP contribution < -0.4 is 0 Å². The maximum Gasteiger partial charge on any atom is 0.312 e. The van der Waals surface area contributed by atoms with Gasteiger partial charge >= 0.3 is 5.97 Å². The number of aliphatic hydroxyl groups excluding tert-OH is 1. The number of likely N-dealkylation sites (tertiary alicyclic amines) is 1. The number of ether oxygens (including phenoxy) is 2. The van der Waals surface area contributed by atoms with Gasteiger partial charge in [0.05, 0.1) is 24.5 Å². The number of unbranched alkanes of at least 4 members (excludes halogenated alkanes) is 3. The molecular formula is C26H41BrN2O6. The summed E-state index contributed by atoms with van der Waals surface area (Å²) < 4.78 is 11.9. The molecule has 3 aliphatic rings. The highest BCUT2D eigenvalue weighted by Crippen LogP contribution is 2.60. The van der Waals surface area contributed by atoms with E-state index in [1.165, 1.54) is 0 Å². The second-order valence-corrected chi connectivity index (χ2v) is 11.2. The van der Waals surface area contributed by atoms with Crippen LogP contribution in [0.2, 0.25) is 0 Å². The van der Waals surface area contributed by atoms with Crippen LogP contribution in [0.3, 0.4) is 0 Å². The van der Waals surface area contributed by atoms with Gasteiger partial charge in [-0.1, -0.05) is 48.2 Å². The summed E-state index contributed by atoms with van der Waals surface area (Å²) in [4.78, 5) is 44.4. The van der Waals surface area contributed by atoms with Crippen LogP contribution in [0.15, 0.2) is 12.7 Å². The third kappa shape index (κ3) is 5.18. The van der Waals surface area contributed by atoms with Crippen molar-refractivity contribution in [3.8, 4) is 0 Å². The Morgan fingerprint density at radius 2 is 2.06 bits per heavy atom. The lowest BCUT2D eigenvalue weighted by Crippen LogP contribution is -2.58. The summed E-state index contributed by atoms with van der Waals surface area (Å²) >= 11 is 3.68. The molecule has 0 aromatic rings. The van der Waals surface area contributed by atoms with Crippen LogP contribution in [-0.4, -0.2) is 87.6 Å². The van der Waals surface area contributed by atoms with Gasteiger partial charge in [0.2, 0.25) is 11.8 Å². The largest absolute Gasteiger partial charge is 0.466 e. The summed E-state index contributed by atoms with van der Waals surface area (Å²) in [6.45, 7) is 10.9. The fourth-order valence-electron chi connectivity index (χ4n) is 6.26. The van der Waals surface area contributed by atoms with Crippen LogP contribution in [0.4, 0.5) is 0 Å². The van der Waals surface area contributed by atoms with E-state index in [-0.39, 0.29) is 35.9 Å². The molecule has 3 saturated heterocycles. The van der Waals surface area contributed by atoms with E-state index in [0.717, 1.165) is 32.1 Å². The van der Waals surface area contributed by atoms with Crippen molar-refractivity contribution in [3.63, 3.8) is 0 Å². The van der Waals surface area contributed by atoms with Crippen molar-refractivity contribution in [2.45, 2.75) is 94.3 Å². The average molecular weight is 558 g/mol. The number of amides is 2. The second-order valence-electron chi connectivity index (χ2n) is 10.0. The molecule has 35 heavy (non-hydrogen) atoms. The number of esters is 1. The van der Waals surface area contributed by atoms with Gasteiger partial charge in [-0.15, -0.1) is 6.58 Å². The summed E-state index contributed by atoms with van der Waals surface area (Å²) in [6.07, 6.45) is 6.62. The van der Waals surface area contributed by atoms with Gasteiger partial charge < -0.3 is 24.4 Å².